The van der Waals surface area contributed by atoms with Crippen molar-refractivity contribution in [3.8, 4) is 0 Å². The fraction of sp³-hybridized carbons (Fsp3) is 1.00. The van der Waals surface area contributed by atoms with Crippen LogP contribution in [0.15, 0.2) is 0 Å². The van der Waals surface area contributed by atoms with Crippen LogP contribution >= 0.6 is 0 Å². The van der Waals surface area contributed by atoms with Crippen LogP contribution in [0.1, 0.15) is 64.2 Å². The molecule has 0 amide bonds. The lowest BCUT2D eigenvalue weighted by Gasteiger charge is -2.57. The molecular weight excluding hydrogens is 248 g/mol. The molecule has 0 aromatic heterocycles. The Balaban J connectivity index is 1.86. The van der Waals surface area contributed by atoms with Gasteiger partial charge in [-0.2, -0.15) is 0 Å². The summed E-state index contributed by atoms with van der Waals surface area (Å²) in [5.41, 5.74) is 6.47. The van der Waals surface area contributed by atoms with Gasteiger partial charge in [-0.3, -0.25) is 4.90 Å². The molecule has 116 valence electrons. The summed E-state index contributed by atoms with van der Waals surface area (Å²) in [5, 5.41) is 0. The van der Waals surface area contributed by atoms with Crippen LogP contribution in [-0.4, -0.2) is 42.8 Å². The van der Waals surface area contributed by atoms with Crippen LogP contribution in [0.5, 0.6) is 0 Å². The number of piperidine rings is 1. The van der Waals surface area contributed by atoms with Gasteiger partial charge in [-0.15, -0.1) is 0 Å². The highest BCUT2D eigenvalue weighted by Crippen LogP contribution is 2.43. The van der Waals surface area contributed by atoms with Crippen molar-refractivity contribution in [1.82, 2.24) is 4.90 Å². The Hall–Kier alpha value is -0.120. The summed E-state index contributed by atoms with van der Waals surface area (Å²) in [5.74, 6) is 0.931. The summed E-state index contributed by atoms with van der Waals surface area (Å²) in [4.78, 5) is 2.83. The zero-order valence-electron chi connectivity index (χ0n) is 13.2. The van der Waals surface area contributed by atoms with E-state index in [2.05, 4.69) is 4.90 Å². The maximum absolute atomic E-state index is 6.34. The van der Waals surface area contributed by atoms with E-state index in [9.17, 15) is 0 Å². The van der Waals surface area contributed by atoms with Crippen molar-refractivity contribution in [2.75, 3.05) is 20.2 Å². The molecule has 3 heteroatoms. The Kier molecular flexibility index (Phi) is 4.68. The molecule has 0 bridgehead atoms. The number of hydrogen-bond acceptors (Lipinski definition) is 3. The Labute approximate surface area is 124 Å². The van der Waals surface area contributed by atoms with Crippen molar-refractivity contribution in [3.05, 3.63) is 0 Å². The molecule has 2 saturated carbocycles. The number of fused-ring (bicyclic) bond motifs is 1. The SMILES string of the molecule is COC1CCCCC1(CN)N1CCCC2CCCCC21. The molecule has 1 aliphatic heterocycles. The van der Waals surface area contributed by atoms with Crippen molar-refractivity contribution in [2.24, 2.45) is 11.7 Å². The number of nitrogens with two attached hydrogens (primary N) is 1. The van der Waals surface area contributed by atoms with E-state index in [0.29, 0.717) is 6.10 Å². The van der Waals surface area contributed by atoms with E-state index >= 15 is 0 Å². The van der Waals surface area contributed by atoms with Crippen LogP contribution in [-0.2, 0) is 4.74 Å². The van der Waals surface area contributed by atoms with Crippen molar-refractivity contribution in [3.63, 3.8) is 0 Å². The fourth-order valence-corrected chi connectivity index (χ4v) is 5.38. The molecule has 3 aliphatic rings. The standard InChI is InChI=1S/C17H32N2O/c1-20-16-10-4-5-11-17(16,13-18)19-12-6-8-14-7-2-3-9-15(14)19/h14-16H,2-13,18H2,1H3. The number of hydrogen-bond donors (Lipinski definition) is 1. The highest BCUT2D eigenvalue weighted by molar-refractivity contribution is 5.05. The smallest absolute Gasteiger partial charge is 0.0767 e. The van der Waals surface area contributed by atoms with Gasteiger partial charge in [-0.25, -0.2) is 0 Å². The molecule has 4 atom stereocenters. The minimum Gasteiger partial charge on any atom is -0.379 e. The molecule has 2 N–H and O–H groups in total. The lowest BCUT2D eigenvalue weighted by molar-refractivity contribution is -0.117. The van der Waals surface area contributed by atoms with E-state index in [1.54, 1.807) is 0 Å². The molecule has 0 radical (unpaired) electrons. The number of methoxy groups -OCH3 is 1. The highest BCUT2D eigenvalue weighted by atomic mass is 16.5. The van der Waals surface area contributed by atoms with E-state index in [-0.39, 0.29) is 5.54 Å². The van der Waals surface area contributed by atoms with Crippen LogP contribution in [0, 0.1) is 5.92 Å². The van der Waals surface area contributed by atoms with Gasteiger partial charge in [0.2, 0.25) is 0 Å². The molecule has 1 heterocycles. The quantitative estimate of drug-likeness (QED) is 0.864. The minimum absolute atomic E-state index is 0.133. The predicted octanol–water partition coefficient (Wildman–Crippen LogP) is 2.93. The first-order valence-electron chi connectivity index (χ1n) is 8.81. The lowest BCUT2D eigenvalue weighted by atomic mass is 9.71. The molecule has 1 saturated heterocycles. The molecule has 3 nitrogen and oxygen atoms in total. The normalized spacial score (nSPS) is 43.2. The Morgan fingerprint density at radius 2 is 1.80 bits per heavy atom. The summed E-state index contributed by atoms with van der Waals surface area (Å²) < 4.78 is 5.91. The number of nitrogens with zero attached hydrogens (tertiary/aromatic N) is 1. The average molecular weight is 280 g/mol. The molecule has 3 rings (SSSR count). The van der Waals surface area contributed by atoms with E-state index < -0.39 is 0 Å². The first-order valence-corrected chi connectivity index (χ1v) is 8.81. The third-order valence-electron chi connectivity index (χ3n) is 6.38. The Morgan fingerprint density at radius 3 is 2.60 bits per heavy atom. The Morgan fingerprint density at radius 1 is 1.05 bits per heavy atom. The van der Waals surface area contributed by atoms with Gasteiger partial charge in [0, 0.05) is 19.7 Å². The lowest BCUT2D eigenvalue weighted by Crippen LogP contribution is -2.68. The van der Waals surface area contributed by atoms with Gasteiger partial charge in [0.05, 0.1) is 11.6 Å². The Bertz CT molecular complexity index is 320. The van der Waals surface area contributed by atoms with Gasteiger partial charge in [0.15, 0.2) is 0 Å². The summed E-state index contributed by atoms with van der Waals surface area (Å²) in [6, 6.07) is 0.789. The summed E-state index contributed by atoms with van der Waals surface area (Å²) in [6.07, 6.45) is 13.9. The maximum Gasteiger partial charge on any atom is 0.0767 e. The van der Waals surface area contributed by atoms with Gasteiger partial charge in [-0.05, 0) is 51.0 Å². The monoisotopic (exact) mass is 280 g/mol. The van der Waals surface area contributed by atoms with E-state index in [1.165, 1.54) is 70.8 Å². The van der Waals surface area contributed by atoms with Gasteiger partial charge >= 0.3 is 0 Å². The number of rotatable bonds is 3. The van der Waals surface area contributed by atoms with Crippen molar-refractivity contribution in [2.45, 2.75) is 81.9 Å². The zero-order chi connectivity index (χ0) is 14.0. The largest absolute Gasteiger partial charge is 0.379 e. The zero-order valence-corrected chi connectivity index (χ0v) is 13.2. The van der Waals surface area contributed by atoms with Gasteiger partial charge in [0.25, 0.3) is 0 Å². The molecular formula is C17H32N2O. The molecule has 2 aliphatic carbocycles. The number of likely N-dealkylation sites (tertiary alicyclic amines) is 1. The van der Waals surface area contributed by atoms with Crippen molar-refractivity contribution >= 4 is 0 Å². The second kappa shape index (κ2) is 6.33. The first-order chi connectivity index (χ1) is 9.81. The van der Waals surface area contributed by atoms with Crippen LogP contribution in [0.4, 0.5) is 0 Å². The minimum atomic E-state index is 0.133. The maximum atomic E-state index is 6.34. The second-order valence-corrected chi connectivity index (χ2v) is 7.23. The summed E-state index contributed by atoms with van der Waals surface area (Å²) in [6.45, 7) is 2.02. The van der Waals surface area contributed by atoms with E-state index in [4.69, 9.17) is 10.5 Å². The third-order valence-corrected chi connectivity index (χ3v) is 6.38. The summed E-state index contributed by atoms with van der Waals surface area (Å²) in [7, 11) is 1.89. The fourth-order valence-electron chi connectivity index (χ4n) is 5.38. The van der Waals surface area contributed by atoms with Crippen molar-refractivity contribution < 1.29 is 4.74 Å². The molecule has 0 aromatic carbocycles. The van der Waals surface area contributed by atoms with E-state index in [0.717, 1.165) is 18.5 Å². The van der Waals surface area contributed by atoms with E-state index in [1.807, 2.05) is 7.11 Å². The molecule has 3 fully saturated rings. The number of ether oxygens (including phenoxy) is 1. The second-order valence-electron chi connectivity index (χ2n) is 7.23. The summed E-state index contributed by atoms with van der Waals surface area (Å²) >= 11 is 0. The molecule has 4 unspecified atom stereocenters. The van der Waals surface area contributed by atoms with Crippen LogP contribution in [0.3, 0.4) is 0 Å². The molecule has 0 spiro atoms. The van der Waals surface area contributed by atoms with Gasteiger partial charge < -0.3 is 10.5 Å². The van der Waals surface area contributed by atoms with Gasteiger partial charge in [-0.1, -0.05) is 25.7 Å². The van der Waals surface area contributed by atoms with Crippen LogP contribution in [0.25, 0.3) is 0 Å². The topological polar surface area (TPSA) is 38.5 Å². The van der Waals surface area contributed by atoms with Gasteiger partial charge in [0.1, 0.15) is 0 Å². The first kappa shape index (κ1) is 14.8. The average Bonchev–Trinajstić information content (AvgIpc) is 2.54. The molecule has 20 heavy (non-hydrogen) atoms. The van der Waals surface area contributed by atoms with Crippen LogP contribution in [0.2, 0.25) is 0 Å². The third kappa shape index (κ3) is 2.42. The van der Waals surface area contributed by atoms with Crippen LogP contribution < -0.4 is 5.73 Å². The highest BCUT2D eigenvalue weighted by Gasteiger charge is 2.49. The van der Waals surface area contributed by atoms with Crippen molar-refractivity contribution in [1.29, 1.82) is 0 Å². The molecule has 0 aromatic rings. The predicted molar refractivity (Wildman–Crippen MR) is 82.7 cm³/mol.